The van der Waals surface area contributed by atoms with Crippen molar-refractivity contribution in [1.29, 1.82) is 0 Å². The van der Waals surface area contributed by atoms with E-state index in [0.717, 1.165) is 11.1 Å². The van der Waals surface area contributed by atoms with E-state index in [1.165, 1.54) is 15.9 Å². The van der Waals surface area contributed by atoms with Gasteiger partial charge in [0.15, 0.2) is 17.3 Å². The fourth-order valence-corrected chi connectivity index (χ4v) is 3.45. The van der Waals surface area contributed by atoms with Gasteiger partial charge in [-0.2, -0.15) is 9.50 Å². The van der Waals surface area contributed by atoms with E-state index in [-0.39, 0.29) is 5.56 Å². The molecule has 1 aromatic carbocycles. The SMILES string of the molecule is COc1ccc(/C=c2/sc3nc(-c4cccnc4)nn3c2=O)cc1OC. The van der Waals surface area contributed by atoms with Gasteiger partial charge in [-0.1, -0.05) is 17.4 Å². The third kappa shape index (κ3) is 2.80. The fraction of sp³-hybridized carbons (Fsp3) is 0.111. The van der Waals surface area contributed by atoms with Gasteiger partial charge in [-0.3, -0.25) is 9.78 Å². The molecule has 0 aliphatic carbocycles. The molecule has 0 fully saturated rings. The number of methoxy groups -OCH3 is 2. The van der Waals surface area contributed by atoms with E-state index in [1.807, 2.05) is 18.2 Å². The van der Waals surface area contributed by atoms with Gasteiger partial charge in [0.25, 0.3) is 5.56 Å². The van der Waals surface area contributed by atoms with Crippen LogP contribution in [-0.2, 0) is 0 Å². The normalized spacial score (nSPS) is 11.8. The number of pyridine rings is 1. The molecule has 4 rings (SSSR count). The van der Waals surface area contributed by atoms with Crippen molar-refractivity contribution in [2.24, 2.45) is 0 Å². The lowest BCUT2D eigenvalue weighted by Gasteiger charge is -2.07. The van der Waals surface area contributed by atoms with Crippen LogP contribution < -0.4 is 19.6 Å². The van der Waals surface area contributed by atoms with E-state index in [9.17, 15) is 4.79 Å². The van der Waals surface area contributed by atoms with Crippen LogP contribution in [0, 0.1) is 0 Å². The van der Waals surface area contributed by atoms with Crippen molar-refractivity contribution in [2.45, 2.75) is 0 Å². The number of fused-ring (bicyclic) bond motifs is 1. The Morgan fingerprint density at radius 1 is 1.15 bits per heavy atom. The number of benzene rings is 1. The Hall–Kier alpha value is -3.26. The fourth-order valence-electron chi connectivity index (χ4n) is 2.55. The van der Waals surface area contributed by atoms with Crippen molar-refractivity contribution in [2.75, 3.05) is 14.2 Å². The van der Waals surface area contributed by atoms with Crippen molar-refractivity contribution in [3.63, 3.8) is 0 Å². The zero-order valence-electron chi connectivity index (χ0n) is 14.0. The highest BCUT2D eigenvalue weighted by Crippen LogP contribution is 2.27. The van der Waals surface area contributed by atoms with Crippen LogP contribution in [0.5, 0.6) is 11.5 Å². The van der Waals surface area contributed by atoms with Gasteiger partial charge < -0.3 is 9.47 Å². The molecule has 0 spiro atoms. The van der Waals surface area contributed by atoms with E-state index >= 15 is 0 Å². The zero-order valence-corrected chi connectivity index (χ0v) is 14.9. The summed E-state index contributed by atoms with van der Waals surface area (Å²) in [5.74, 6) is 1.72. The highest BCUT2D eigenvalue weighted by atomic mass is 32.1. The Bertz CT molecular complexity index is 1180. The average Bonchev–Trinajstić information content (AvgIpc) is 3.22. The van der Waals surface area contributed by atoms with E-state index in [4.69, 9.17) is 9.47 Å². The maximum Gasteiger partial charge on any atom is 0.291 e. The van der Waals surface area contributed by atoms with Crippen LogP contribution in [-0.4, -0.2) is 33.8 Å². The van der Waals surface area contributed by atoms with E-state index in [2.05, 4.69) is 15.1 Å². The van der Waals surface area contributed by atoms with Crippen molar-refractivity contribution < 1.29 is 9.47 Å². The molecule has 0 radical (unpaired) electrons. The Labute approximate surface area is 152 Å². The van der Waals surface area contributed by atoms with E-state index in [0.29, 0.717) is 26.8 Å². The molecule has 7 nitrogen and oxygen atoms in total. The molecule has 4 aromatic rings. The summed E-state index contributed by atoms with van der Waals surface area (Å²) in [6, 6.07) is 9.13. The number of nitrogens with zero attached hydrogens (tertiary/aromatic N) is 4. The molecule has 0 atom stereocenters. The van der Waals surface area contributed by atoms with Crippen molar-refractivity contribution in [3.8, 4) is 22.9 Å². The Balaban J connectivity index is 1.78. The minimum Gasteiger partial charge on any atom is -0.493 e. The maximum atomic E-state index is 12.6. The first-order valence-corrected chi connectivity index (χ1v) is 8.55. The molecular weight excluding hydrogens is 352 g/mol. The minimum absolute atomic E-state index is 0.206. The van der Waals surface area contributed by atoms with Gasteiger partial charge in [0.05, 0.1) is 18.8 Å². The highest BCUT2D eigenvalue weighted by molar-refractivity contribution is 7.15. The summed E-state index contributed by atoms with van der Waals surface area (Å²) in [7, 11) is 3.15. The second-order valence-corrected chi connectivity index (χ2v) is 6.41. The second kappa shape index (κ2) is 6.57. The third-order valence-corrected chi connectivity index (χ3v) is 4.77. The first kappa shape index (κ1) is 16.2. The van der Waals surface area contributed by atoms with Gasteiger partial charge in [-0.25, -0.2) is 0 Å². The lowest BCUT2D eigenvalue weighted by Crippen LogP contribution is -2.23. The molecule has 0 bridgehead atoms. The van der Waals surface area contributed by atoms with Crippen LogP contribution in [0.25, 0.3) is 22.4 Å². The summed E-state index contributed by atoms with van der Waals surface area (Å²) in [5.41, 5.74) is 1.40. The first-order chi connectivity index (χ1) is 12.7. The molecule has 0 aliphatic heterocycles. The van der Waals surface area contributed by atoms with Crippen LogP contribution >= 0.6 is 11.3 Å². The molecule has 0 saturated heterocycles. The second-order valence-electron chi connectivity index (χ2n) is 5.40. The number of rotatable bonds is 4. The van der Waals surface area contributed by atoms with Gasteiger partial charge in [0, 0.05) is 18.0 Å². The van der Waals surface area contributed by atoms with Gasteiger partial charge >= 0.3 is 0 Å². The predicted molar refractivity (Wildman–Crippen MR) is 98.7 cm³/mol. The summed E-state index contributed by atoms with van der Waals surface area (Å²) in [5, 5.41) is 4.30. The Morgan fingerprint density at radius 2 is 2.00 bits per heavy atom. The van der Waals surface area contributed by atoms with Gasteiger partial charge in [0.1, 0.15) is 0 Å². The number of thiazole rings is 1. The molecule has 8 heteroatoms. The summed E-state index contributed by atoms with van der Waals surface area (Å²) in [4.78, 5) is 21.6. The van der Waals surface area contributed by atoms with Crippen LogP contribution in [0.3, 0.4) is 0 Å². The van der Waals surface area contributed by atoms with Crippen LogP contribution in [0.1, 0.15) is 5.56 Å². The molecule has 0 aliphatic rings. The highest BCUT2D eigenvalue weighted by Gasteiger charge is 2.12. The monoisotopic (exact) mass is 366 g/mol. The quantitative estimate of drug-likeness (QED) is 0.548. The lowest BCUT2D eigenvalue weighted by molar-refractivity contribution is 0.355. The molecule has 0 unspecified atom stereocenters. The smallest absolute Gasteiger partial charge is 0.291 e. The summed E-state index contributed by atoms with van der Waals surface area (Å²) >= 11 is 1.29. The molecule has 130 valence electrons. The number of ether oxygens (including phenoxy) is 2. The molecular formula is C18H14N4O3S. The first-order valence-electron chi connectivity index (χ1n) is 7.73. The van der Waals surface area contributed by atoms with Gasteiger partial charge in [0.2, 0.25) is 4.96 Å². The van der Waals surface area contributed by atoms with Gasteiger partial charge in [-0.15, -0.1) is 5.10 Å². The van der Waals surface area contributed by atoms with Crippen LogP contribution in [0.15, 0.2) is 47.5 Å². The van der Waals surface area contributed by atoms with Crippen molar-refractivity contribution >= 4 is 22.4 Å². The molecule has 3 aromatic heterocycles. The molecule has 26 heavy (non-hydrogen) atoms. The molecule has 0 N–H and O–H groups in total. The van der Waals surface area contributed by atoms with Crippen LogP contribution in [0.2, 0.25) is 0 Å². The van der Waals surface area contributed by atoms with Gasteiger partial charge in [-0.05, 0) is 35.9 Å². The maximum absolute atomic E-state index is 12.6. The number of aromatic nitrogens is 4. The zero-order chi connectivity index (χ0) is 18.1. The average molecular weight is 366 g/mol. The molecule has 3 heterocycles. The Morgan fingerprint density at radius 3 is 2.69 bits per heavy atom. The van der Waals surface area contributed by atoms with Crippen molar-refractivity contribution in [3.05, 3.63) is 63.2 Å². The topological polar surface area (TPSA) is 78.6 Å². The number of hydrogen-bond donors (Lipinski definition) is 0. The molecule has 0 saturated carbocycles. The third-order valence-electron chi connectivity index (χ3n) is 3.81. The standard InChI is InChI=1S/C18H14N4O3S/c1-24-13-6-5-11(8-14(13)25-2)9-15-17(23)22-18(26-15)20-16(21-22)12-4-3-7-19-10-12/h3-10H,1-2H3/b15-9+. The molecule has 0 amide bonds. The summed E-state index contributed by atoms with van der Waals surface area (Å²) in [6.45, 7) is 0. The summed E-state index contributed by atoms with van der Waals surface area (Å²) < 4.78 is 12.4. The van der Waals surface area contributed by atoms with E-state index in [1.54, 1.807) is 44.8 Å². The van der Waals surface area contributed by atoms with E-state index < -0.39 is 0 Å². The van der Waals surface area contributed by atoms with Crippen LogP contribution in [0.4, 0.5) is 0 Å². The largest absolute Gasteiger partial charge is 0.493 e. The number of hydrogen-bond acceptors (Lipinski definition) is 7. The van der Waals surface area contributed by atoms with Crippen molar-refractivity contribution in [1.82, 2.24) is 19.6 Å². The predicted octanol–water partition coefficient (Wildman–Crippen LogP) is 1.78. The minimum atomic E-state index is -0.206. The summed E-state index contributed by atoms with van der Waals surface area (Å²) in [6.07, 6.45) is 5.13. The Kier molecular flexibility index (Phi) is 4.10. The lowest BCUT2D eigenvalue weighted by atomic mass is 10.2.